The number of nitrogens with one attached hydrogen (secondary N) is 1. The van der Waals surface area contributed by atoms with E-state index in [0.717, 1.165) is 7.11 Å². The second kappa shape index (κ2) is 11.2. The number of nitriles is 1. The predicted octanol–water partition coefficient (Wildman–Crippen LogP) is 4.36. The molecule has 0 spiro atoms. The van der Waals surface area contributed by atoms with Crippen LogP contribution in [0.1, 0.15) is 38.8 Å². The Hall–Kier alpha value is -2.98. The summed E-state index contributed by atoms with van der Waals surface area (Å²) in [5.74, 6) is -3.69. The fraction of sp³-hybridized carbons (Fsp3) is 0.375. The highest BCUT2D eigenvalue weighted by atomic mass is 31.2. The molecule has 0 aliphatic rings. The van der Waals surface area contributed by atoms with Gasteiger partial charge in [-0.15, -0.1) is 0 Å². The van der Waals surface area contributed by atoms with Crippen LogP contribution in [0.15, 0.2) is 60.7 Å². The number of hydrogen-bond acceptors (Lipinski definition) is 7. The molecule has 0 radical (unpaired) electrons. The first-order valence-electron chi connectivity index (χ1n) is 10.5. The Balaban J connectivity index is 2.71. The van der Waals surface area contributed by atoms with Gasteiger partial charge in [-0.25, -0.2) is 4.57 Å². The maximum atomic E-state index is 13.6. The summed E-state index contributed by atoms with van der Waals surface area (Å²) in [5.41, 5.74) is -0.984. The maximum absolute atomic E-state index is 13.6. The van der Waals surface area contributed by atoms with E-state index in [9.17, 15) is 19.4 Å². The van der Waals surface area contributed by atoms with E-state index in [4.69, 9.17) is 13.8 Å². The van der Waals surface area contributed by atoms with Gasteiger partial charge in [0.2, 0.25) is 5.91 Å². The van der Waals surface area contributed by atoms with Crippen molar-refractivity contribution in [1.29, 1.82) is 5.26 Å². The minimum Gasteiger partial charge on any atom is -0.468 e. The van der Waals surface area contributed by atoms with Gasteiger partial charge in [0.1, 0.15) is 5.41 Å². The van der Waals surface area contributed by atoms with Crippen molar-refractivity contribution >= 4 is 19.6 Å². The quantitative estimate of drug-likeness (QED) is 0.310. The molecule has 0 saturated carbocycles. The van der Waals surface area contributed by atoms with Gasteiger partial charge in [0, 0.05) is 0 Å². The predicted molar refractivity (Wildman–Crippen MR) is 123 cm³/mol. The number of esters is 1. The zero-order valence-corrected chi connectivity index (χ0v) is 20.2. The molecule has 1 amide bonds. The number of methoxy groups -OCH3 is 1. The van der Waals surface area contributed by atoms with E-state index in [0.29, 0.717) is 11.1 Å². The average molecular weight is 472 g/mol. The normalized spacial score (nSPS) is 12.8. The van der Waals surface area contributed by atoms with Crippen LogP contribution in [0.3, 0.4) is 0 Å². The summed E-state index contributed by atoms with van der Waals surface area (Å²) >= 11 is 0. The van der Waals surface area contributed by atoms with Crippen LogP contribution >= 0.6 is 7.75 Å². The first-order chi connectivity index (χ1) is 15.6. The van der Waals surface area contributed by atoms with E-state index >= 15 is 0 Å². The zero-order chi connectivity index (χ0) is 24.6. The SMILES string of the molecule is COC(=O)C(C(=O)NP(=O)(OC(C)C)OC(C)C)C(C#N)(c1ccccc1)c1ccccc1. The van der Waals surface area contributed by atoms with Gasteiger partial charge in [0.05, 0.1) is 25.4 Å². The summed E-state index contributed by atoms with van der Waals surface area (Å²) in [7, 11) is -3.05. The lowest BCUT2D eigenvalue weighted by Crippen LogP contribution is -2.49. The molecule has 0 aromatic heterocycles. The second-order valence-electron chi connectivity index (χ2n) is 7.89. The van der Waals surface area contributed by atoms with Crippen LogP contribution in [0.5, 0.6) is 0 Å². The molecule has 2 aromatic rings. The molecule has 1 unspecified atom stereocenters. The van der Waals surface area contributed by atoms with Gasteiger partial charge >= 0.3 is 13.7 Å². The second-order valence-corrected chi connectivity index (χ2v) is 9.53. The Labute approximate surface area is 194 Å². The van der Waals surface area contributed by atoms with Crippen LogP contribution < -0.4 is 5.09 Å². The summed E-state index contributed by atoms with van der Waals surface area (Å²) in [4.78, 5) is 26.6. The summed E-state index contributed by atoms with van der Waals surface area (Å²) in [5, 5.41) is 12.7. The fourth-order valence-electron chi connectivity index (χ4n) is 3.53. The van der Waals surface area contributed by atoms with Crippen LogP contribution in [0.4, 0.5) is 0 Å². The largest absolute Gasteiger partial charge is 0.468 e. The van der Waals surface area contributed by atoms with Crippen molar-refractivity contribution in [2.24, 2.45) is 5.92 Å². The van der Waals surface area contributed by atoms with Crippen molar-refractivity contribution in [2.45, 2.75) is 45.3 Å². The van der Waals surface area contributed by atoms with Crippen molar-refractivity contribution in [3.05, 3.63) is 71.8 Å². The van der Waals surface area contributed by atoms with Crippen molar-refractivity contribution in [2.75, 3.05) is 7.11 Å². The van der Waals surface area contributed by atoms with Crippen LogP contribution in [0.2, 0.25) is 0 Å². The van der Waals surface area contributed by atoms with Gasteiger partial charge in [-0.3, -0.25) is 23.7 Å². The maximum Gasteiger partial charge on any atom is 0.435 e. The van der Waals surface area contributed by atoms with Crippen LogP contribution in [0.25, 0.3) is 0 Å². The standard InChI is InChI=1S/C24H29N2O6P/c1-17(2)31-33(29,32-18(3)4)26-22(27)21(23(28)30-5)24(16-25,19-12-8-6-9-13-19)20-14-10-7-11-15-20/h6-15,17-18,21H,1-5H3,(H,26,27,29). The number of rotatable bonds is 10. The summed E-state index contributed by atoms with van der Waals surface area (Å²) in [6.45, 7) is 6.53. The van der Waals surface area contributed by atoms with Crippen LogP contribution in [-0.4, -0.2) is 31.2 Å². The van der Waals surface area contributed by atoms with E-state index in [-0.39, 0.29) is 0 Å². The minimum atomic E-state index is -4.17. The van der Waals surface area contributed by atoms with Crippen LogP contribution in [0, 0.1) is 17.2 Å². The number of hydrogen-bond donors (Lipinski definition) is 1. The van der Waals surface area contributed by atoms with E-state index in [1.165, 1.54) is 0 Å². The summed E-state index contributed by atoms with van der Waals surface area (Å²) < 4.78 is 29.1. The van der Waals surface area contributed by atoms with E-state index < -0.39 is 43.2 Å². The number of carbonyl (C=O) groups is 2. The fourth-order valence-corrected chi connectivity index (χ4v) is 5.19. The number of benzene rings is 2. The molecule has 33 heavy (non-hydrogen) atoms. The highest BCUT2D eigenvalue weighted by Crippen LogP contribution is 2.48. The van der Waals surface area contributed by atoms with Gasteiger partial charge in [0.15, 0.2) is 5.92 Å². The van der Waals surface area contributed by atoms with E-state index in [2.05, 4.69) is 11.2 Å². The Morgan fingerprint density at radius 2 is 1.33 bits per heavy atom. The first kappa shape index (κ1) is 26.3. The van der Waals surface area contributed by atoms with Gasteiger partial charge in [-0.1, -0.05) is 60.7 Å². The lowest BCUT2D eigenvalue weighted by Gasteiger charge is -2.34. The molecule has 0 bridgehead atoms. The Kier molecular flexibility index (Phi) is 8.95. The number of nitrogens with zero attached hydrogens (tertiary/aromatic N) is 1. The third-order valence-corrected chi connectivity index (χ3v) is 6.61. The van der Waals surface area contributed by atoms with Crippen molar-refractivity contribution in [3.63, 3.8) is 0 Å². The molecule has 0 aliphatic heterocycles. The number of ether oxygens (including phenoxy) is 1. The molecule has 0 aliphatic carbocycles. The molecule has 1 atom stereocenters. The van der Waals surface area contributed by atoms with Crippen LogP contribution in [-0.2, 0) is 33.4 Å². The molecule has 176 valence electrons. The third-order valence-electron chi connectivity index (χ3n) is 4.71. The van der Waals surface area contributed by atoms with E-state index in [1.54, 1.807) is 88.4 Å². The molecule has 2 rings (SSSR count). The molecule has 2 aromatic carbocycles. The summed E-state index contributed by atoms with van der Waals surface area (Å²) in [6.07, 6.45) is -1.09. The Morgan fingerprint density at radius 3 is 1.67 bits per heavy atom. The van der Waals surface area contributed by atoms with Gasteiger partial charge in [-0.05, 0) is 38.8 Å². The van der Waals surface area contributed by atoms with Gasteiger partial charge in [-0.2, -0.15) is 5.26 Å². The topological polar surface area (TPSA) is 115 Å². The Bertz CT molecular complexity index is 980. The molecule has 0 saturated heterocycles. The molecule has 1 N–H and O–H groups in total. The van der Waals surface area contributed by atoms with Crippen molar-refractivity contribution in [3.8, 4) is 6.07 Å². The molecule has 0 fully saturated rings. The molecule has 0 heterocycles. The van der Waals surface area contributed by atoms with Gasteiger partial charge in [0.25, 0.3) is 0 Å². The highest BCUT2D eigenvalue weighted by Gasteiger charge is 2.53. The number of amides is 1. The van der Waals surface area contributed by atoms with Gasteiger partial charge < -0.3 is 4.74 Å². The smallest absolute Gasteiger partial charge is 0.435 e. The lowest BCUT2D eigenvalue weighted by molar-refractivity contribution is -0.151. The minimum absolute atomic E-state index is 0.397. The average Bonchev–Trinajstić information content (AvgIpc) is 2.76. The number of carbonyl (C=O) groups excluding carboxylic acids is 2. The molecule has 9 heteroatoms. The third kappa shape index (κ3) is 6.08. The zero-order valence-electron chi connectivity index (χ0n) is 19.3. The first-order valence-corrected chi connectivity index (χ1v) is 12.0. The van der Waals surface area contributed by atoms with Crippen molar-refractivity contribution in [1.82, 2.24) is 5.09 Å². The molecular weight excluding hydrogens is 443 g/mol. The molecule has 8 nitrogen and oxygen atoms in total. The summed E-state index contributed by atoms with van der Waals surface area (Å²) in [6, 6.07) is 19.1. The Morgan fingerprint density at radius 1 is 0.909 bits per heavy atom. The lowest BCUT2D eigenvalue weighted by atomic mass is 9.66. The van der Waals surface area contributed by atoms with Crippen molar-refractivity contribution < 1.29 is 27.9 Å². The molecular formula is C24H29N2O6P. The highest BCUT2D eigenvalue weighted by molar-refractivity contribution is 7.52. The van der Waals surface area contributed by atoms with E-state index in [1.807, 2.05) is 0 Å². The monoisotopic (exact) mass is 472 g/mol.